The largest absolute Gasteiger partial charge is 0.276 e. The Labute approximate surface area is 38.9 Å². The Kier molecular flexibility index (Phi) is 0.816. The lowest BCUT2D eigenvalue weighted by Gasteiger charge is -1.69. The lowest BCUT2D eigenvalue weighted by Crippen LogP contribution is -1.94. The first-order valence-corrected chi connectivity index (χ1v) is 1.54. The molecule has 0 saturated carbocycles. The highest BCUT2D eigenvalue weighted by molar-refractivity contribution is 5.48. The molecule has 0 aliphatic rings. The Morgan fingerprint density at radius 3 is 2.86 bits per heavy atom. The third kappa shape index (κ3) is 0.594. The summed E-state index contributed by atoms with van der Waals surface area (Å²) in [6, 6.07) is 0. The van der Waals surface area contributed by atoms with Crippen molar-refractivity contribution >= 4 is 6.41 Å². The minimum Gasteiger partial charge on any atom is -0.276 e. The van der Waals surface area contributed by atoms with Crippen LogP contribution in [0.4, 0.5) is 0 Å². The van der Waals surface area contributed by atoms with Gasteiger partial charge in [0.2, 0.25) is 12.7 Å². The highest BCUT2D eigenvalue weighted by Gasteiger charge is 1.82. The molecule has 7 heavy (non-hydrogen) atoms. The van der Waals surface area contributed by atoms with E-state index in [0.717, 1.165) is 4.68 Å². The van der Waals surface area contributed by atoms with Gasteiger partial charge in [-0.1, -0.05) is 0 Å². The van der Waals surface area contributed by atoms with Crippen LogP contribution in [0.1, 0.15) is 0 Å². The van der Waals surface area contributed by atoms with Crippen LogP contribution in [0, 0.1) is 6.33 Å². The van der Waals surface area contributed by atoms with Crippen molar-refractivity contribution in [3.05, 3.63) is 6.33 Å². The van der Waals surface area contributed by atoms with Crippen molar-refractivity contribution in [2.24, 2.45) is 0 Å². The van der Waals surface area contributed by atoms with Crippen molar-refractivity contribution in [2.45, 2.75) is 0 Å². The first kappa shape index (κ1) is 3.91. The van der Waals surface area contributed by atoms with E-state index in [4.69, 9.17) is 0 Å². The molecule has 0 aromatic carbocycles. The van der Waals surface area contributed by atoms with Crippen molar-refractivity contribution in [1.29, 1.82) is 0 Å². The Morgan fingerprint density at radius 2 is 2.57 bits per heavy atom. The van der Waals surface area contributed by atoms with Gasteiger partial charge in [-0.15, -0.1) is 5.10 Å². The highest BCUT2D eigenvalue weighted by atomic mass is 16.1. The van der Waals surface area contributed by atoms with Gasteiger partial charge in [-0.25, -0.2) is 0 Å². The standard InChI is InChI=1S/C2HN4O/c7-2-6-1-3-4-5-6/h2H. The second-order valence-corrected chi connectivity index (χ2v) is 0.829. The van der Waals surface area contributed by atoms with Crippen LogP contribution in [0.3, 0.4) is 0 Å². The van der Waals surface area contributed by atoms with Gasteiger partial charge in [0.15, 0.2) is 0 Å². The summed E-state index contributed by atoms with van der Waals surface area (Å²) < 4.78 is 0.847. The third-order valence-corrected chi connectivity index (χ3v) is 0.428. The molecule has 0 saturated heterocycles. The van der Waals surface area contributed by atoms with Gasteiger partial charge in [0.1, 0.15) is 0 Å². The van der Waals surface area contributed by atoms with Crippen molar-refractivity contribution in [1.82, 2.24) is 20.2 Å². The number of aromatic nitrogens is 4. The SMILES string of the molecule is O=Cn1[c]nnn1. The molecule has 5 heteroatoms. The van der Waals surface area contributed by atoms with Crippen molar-refractivity contribution in [2.75, 3.05) is 0 Å². The fourth-order valence-electron chi connectivity index (χ4n) is 0.194. The van der Waals surface area contributed by atoms with E-state index in [2.05, 4.69) is 21.9 Å². The van der Waals surface area contributed by atoms with Gasteiger partial charge in [0.05, 0.1) is 0 Å². The minimum absolute atomic E-state index is 0.458. The normalized spacial score (nSPS) is 8.57. The zero-order valence-electron chi connectivity index (χ0n) is 3.27. The van der Waals surface area contributed by atoms with E-state index >= 15 is 0 Å². The third-order valence-electron chi connectivity index (χ3n) is 0.428. The van der Waals surface area contributed by atoms with Crippen molar-refractivity contribution < 1.29 is 4.79 Å². The van der Waals surface area contributed by atoms with Gasteiger partial charge in [-0.3, -0.25) is 4.79 Å². The molecule has 0 fully saturated rings. The van der Waals surface area contributed by atoms with Gasteiger partial charge in [0.25, 0.3) is 0 Å². The maximum atomic E-state index is 9.66. The molecule has 1 rings (SSSR count). The average molecular weight is 97.1 g/mol. The Morgan fingerprint density at radius 1 is 1.71 bits per heavy atom. The maximum Gasteiger partial charge on any atom is 0.237 e. The Hall–Kier alpha value is -1.26. The second-order valence-electron chi connectivity index (χ2n) is 0.829. The van der Waals surface area contributed by atoms with Crippen LogP contribution >= 0.6 is 0 Å². The molecule has 1 aromatic heterocycles. The monoisotopic (exact) mass is 97.0 g/mol. The summed E-state index contributed by atoms with van der Waals surface area (Å²) in [7, 11) is 0. The molecule has 0 aliphatic carbocycles. The van der Waals surface area contributed by atoms with E-state index < -0.39 is 0 Å². The zero-order valence-corrected chi connectivity index (χ0v) is 3.27. The van der Waals surface area contributed by atoms with Crippen LogP contribution in [0.2, 0.25) is 0 Å². The fraction of sp³-hybridized carbons (Fsp3) is 0. The molecule has 1 radical (unpaired) electrons. The lowest BCUT2D eigenvalue weighted by atomic mass is 11.2. The number of carbonyl (C=O) groups is 1. The number of carbonyl (C=O) groups excluding carboxylic acids is 1. The summed E-state index contributed by atoms with van der Waals surface area (Å²) in [5.74, 6) is 0. The number of tetrazole rings is 1. The molecule has 5 nitrogen and oxygen atoms in total. The van der Waals surface area contributed by atoms with E-state index in [9.17, 15) is 4.79 Å². The summed E-state index contributed by atoms with van der Waals surface area (Å²) in [6.07, 6.45) is 2.62. The van der Waals surface area contributed by atoms with E-state index in [1.54, 1.807) is 0 Å². The first-order chi connectivity index (χ1) is 3.43. The quantitative estimate of drug-likeness (QED) is 0.316. The van der Waals surface area contributed by atoms with Crippen LogP contribution < -0.4 is 0 Å². The zero-order chi connectivity index (χ0) is 5.11. The molecule has 0 bridgehead atoms. The first-order valence-electron chi connectivity index (χ1n) is 1.54. The number of rotatable bonds is 1. The van der Waals surface area contributed by atoms with Crippen molar-refractivity contribution in [3.63, 3.8) is 0 Å². The van der Waals surface area contributed by atoms with E-state index in [1.807, 2.05) is 0 Å². The summed E-state index contributed by atoms with van der Waals surface area (Å²) in [5.41, 5.74) is 0. The topological polar surface area (TPSA) is 60.7 Å². The van der Waals surface area contributed by atoms with Crippen LogP contribution in [-0.4, -0.2) is 26.6 Å². The molecular formula is C2HN4O. The molecule has 35 valence electrons. The molecule has 0 amide bonds. The van der Waals surface area contributed by atoms with Gasteiger partial charge in [-0.05, 0) is 10.4 Å². The van der Waals surface area contributed by atoms with Gasteiger partial charge < -0.3 is 0 Å². The summed E-state index contributed by atoms with van der Waals surface area (Å²) in [5, 5.41) is 9.37. The molecule has 0 unspecified atom stereocenters. The minimum atomic E-state index is 0.458. The summed E-state index contributed by atoms with van der Waals surface area (Å²) in [4.78, 5) is 9.66. The summed E-state index contributed by atoms with van der Waals surface area (Å²) in [6.45, 7) is 0. The molecule has 1 aromatic rings. The van der Waals surface area contributed by atoms with E-state index in [1.165, 1.54) is 0 Å². The molecule has 1 heterocycles. The number of nitrogens with zero attached hydrogens (tertiary/aromatic N) is 4. The van der Waals surface area contributed by atoms with Crippen LogP contribution in [0.5, 0.6) is 0 Å². The summed E-state index contributed by atoms with van der Waals surface area (Å²) >= 11 is 0. The van der Waals surface area contributed by atoms with Crippen LogP contribution in [-0.2, 0) is 4.79 Å². The number of hydrogen-bond donors (Lipinski definition) is 0. The lowest BCUT2D eigenvalue weighted by molar-refractivity contribution is 0.537. The van der Waals surface area contributed by atoms with Gasteiger partial charge in [0, 0.05) is 0 Å². The average Bonchev–Trinajstić information content (AvgIpc) is 2.14. The molecule has 0 atom stereocenters. The van der Waals surface area contributed by atoms with Gasteiger partial charge >= 0.3 is 0 Å². The highest BCUT2D eigenvalue weighted by Crippen LogP contribution is 1.58. The molecule has 0 aliphatic heterocycles. The second kappa shape index (κ2) is 1.46. The predicted octanol–water partition coefficient (Wildman–Crippen LogP) is -1.49. The molecular weight excluding hydrogens is 96.0 g/mol. The number of hydrogen-bond acceptors (Lipinski definition) is 4. The van der Waals surface area contributed by atoms with Gasteiger partial charge in [-0.2, -0.15) is 4.68 Å². The van der Waals surface area contributed by atoms with Crippen LogP contribution in [0.25, 0.3) is 0 Å². The van der Waals surface area contributed by atoms with E-state index in [-0.39, 0.29) is 0 Å². The van der Waals surface area contributed by atoms with Crippen LogP contribution in [0.15, 0.2) is 0 Å². The van der Waals surface area contributed by atoms with E-state index in [0.29, 0.717) is 6.41 Å². The maximum absolute atomic E-state index is 9.66. The molecule has 0 N–H and O–H groups in total. The fourth-order valence-corrected chi connectivity index (χ4v) is 0.194. The Balaban J connectivity index is 2.96. The van der Waals surface area contributed by atoms with Crippen molar-refractivity contribution in [3.8, 4) is 0 Å². The Bertz CT molecular complexity index is 145. The molecule has 0 spiro atoms. The smallest absolute Gasteiger partial charge is 0.237 e. The predicted molar refractivity (Wildman–Crippen MR) is 18.8 cm³/mol.